The lowest BCUT2D eigenvalue weighted by Gasteiger charge is -1.99. The predicted octanol–water partition coefficient (Wildman–Crippen LogP) is 1.55. The number of hydrogen-bond donors (Lipinski definition) is 1. The van der Waals surface area contributed by atoms with Crippen LogP contribution in [-0.2, 0) is 28.1 Å². The summed E-state index contributed by atoms with van der Waals surface area (Å²) in [5.74, 6) is 0. The van der Waals surface area contributed by atoms with E-state index < -0.39 is 10.3 Å². The summed E-state index contributed by atoms with van der Waals surface area (Å²) in [5.41, 5.74) is 1.65. The second kappa shape index (κ2) is 4.30. The lowest BCUT2D eigenvalue weighted by molar-refractivity contribution is 0.309. The number of rotatable bonds is 3. The third-order valence-corrected chi connectivity index (χ3v) is 3.10. The molecule has 1 aromatic carbocycles. The normalized spacial score (nSPS) is 12.2. The molecule has 0 aliphatic heterocycles. The van der Waals surface area contributed by atoms with Gasteiger partial charge in [-0.1, -0.05) is 17.7 Å². The van der Waals surface area contributed by atoms with E-state index in [4.69, 9.17) is 16.7 Å². The summed E-state index contributed by atoms with van der Waals surface area (Å²) in [6.07, 6.45) is 1.78. The van der Waals surface area contributed by atoms with Crippen molar-refractivity contribution in [2.24, 2.45) is 12.2 Å². The monoisotopic (exact) mass is 274 g/mol. The van der Waals surface area contributed by atoms with Gasteiger partial charge in [-0.25, -0.2) is 5.14 Å². The van der Waals surface area contributed by atoms with Crippen molar-refractivity contribution in [3.05, 3.63) is 35.0 Å². The van der Waals surface area contributed by atoms with Crippen molar-refractivity contribution in [3.63, 3.8) is 0 Å². The number of nitrogens with zero attached hydrogens (tertiary/aromatic N) is 1. The highest BCUT2D eigenvalue weighted by Crippen LogP contribution is 2.24. The number of halogens is 1. The number of aromatic nitrogens is 1. The summed E-state index contributed by atoms with van der Waals surface area (Å²) in [6, 6.07) is 5.36. The van der Waals surface area contributed by atoms with E-state index in [0.717, 1.165) is 16.5 Å². The van der Waals surface area contributed by atoms with E-state index in [1.165, 1.54) is 0 Å². The summed E-state index contributed by atoms with van der Waals surface area (Å²) in [4.78, 5) is 0. The van der Waals surface area contributed by atoms with Crippen LogP contribution in [0.15, 0.2) is 24.4 Å². The average Bonchev–Trinajstić information content (AvgIpc) is 2.52. The maximum absolute atomic E-state index is 10.7. The maximum Gasteiger partial charge on any atom is 0.333 e. The molecular weight excluding hydrogens is 264 g/mol. The molecule has 7 heteroatoms. The first kappa shape index (κ1) is 12.4. The molecule has 0 atom stereocenters. The fourth-order valence-electron chi connectivity index (χ4n) is 1.70. The van der Waals surface area contributed by atoms with Crippen LogP contribution in [0, 0.1) is 0 Å². The number of hydrogen-bond acceptors (Lipinski definition) is 3. The SMILES string of the molecule is Cn1cc(COS(N)(=O)=O)c2ccc(Cl)cc21. The minimum absolute atomic E-state index is 0.0855. The van der Waals surface area contributed by atoms with Gasteiger partial charge in [0.2, 0.25) is 0 Å². The molecule has 0 spiro atoms. The first-order valence-electron chi connectivity index (χ1n) is 4.77. The van der Waals surface area contributed by atoms with Crippen LogP contribution in [0.2, 0.25) is 5.02 Å². The molecule has 1 aromatic heterocycles. The second-order valence-electron chi connectivity index (χ2n) is 3.68. The van der Waals surface area contributed by atoms with Gasteiger partial charge in [-0.15, -0.1) is 0 Å². The van der Waals surface area contributed by atoms with Crippen LogP contribution in [0.1, 0.15) is 5.56 Å². The van der Waals surface area contributed by atoms with Gasteiger partial charge in [-0.2, -0.15) is 8.42 Å². The van der Waals surface area contributed by atoms with Crippen molar-refractivity contribution in [1.82, 2.24) is 4.57 Å². The Bertz CT molecular complexity index is 663. The minimum atomic E-state index is -3.93. The molecule has 0 aliphatic carbocycles. The molecule has 2 rings (SSSR count). The van der Waals surface area contributed by atoms with E-state index in [9.17, 15) is 8.42 Å². The van der Waals surface area contributed by atoms with E-state index >= 15 is 0 Å². The van der Waals surface area contributed by atoms with Gasteiger partial charge in [0.15, 0.2) is 0 Å². The molecule has 0 fully saturated rings. The zero-order chi connectivity index (χ0) is 12.6. The minimum Gasteiger partial charge on any atom is -0.350 e. The molecule has 0 bridgehead atoms. The zero-order valence-electron chi connectivity index (χ0n) is 9.05. The third kappa shape index (κ3) is 2.78. The van der Waals surface area contributed by atoms with Crippen molar-refractivity contribution in [2.45, 2.75) is 6.61 Å². The smallest absolute Gasteiger partial charge is 0.333 e. The molecule has 2 N–H and O–H groups in total. The third-order valence-electron chi connectivity index (χ3n) is 2.41. The van der Waals surface area contributed by atoms with Crippen LogP contribution in [0.5, 0.6) is 0 Å². The van der Waals surface area contributed by atoms with Gasteiger partial charge in [0, 0.05) is 34.7 Å². The van der Waals surface area contributed by atoms with Gasteiger partial charge in [0.05, 0.1) is 6.61 Å². The second-order valence-corrected chi connectivity index (χ2v) is 5.34. The maximum atomic E-state index is 10.7. The molecule has 92 valence electrons. The summed E-state index contributed by atoms with van der Waals surface area (Å²) >= 11 is 5.89. The molecular formula is C10H11ClN2O3S. The highest BCUT2D eigenvalue weighted by Gasteiger charge is 2.10. The van der Waals surface area contributed by atoms with E-state index in [1.54, 1.807) is 18.3 Å². The van der Waals surface area contributed by atoms with Crippen LogP contribution in [0.25, 0.3) is 10.9 Å². The highest BCUT2D eigenvalue weighted by molar-refractivity contribution is 7.84. The van der Waals surface area contributed by atoms with Gasteiger partial charge >= 0.3 is 10.3 Å². The number of benzene rings is 1. The molecule has 17 heavy (non-hydrogen) atoms. The summed E-state index contributed by atoms with van der Waals surface area (Å²) < 4.78 is 27.9. The van der Waals surface area contributed by atoms with Crippen molar-refractivity contribution in [2.75, 3.05) is 0 Å². The van der Waals surface area contributed by atoms with Crippen molar-refractivity contribution >= 4 is 32.8 Å². The standard InChI is InChI=1S/C10H11ClN2O3S/c1-13-5-7(6-16-17(12,14)15)9-3-2-8(11)4-10(9)13/h2-5H,6H2,1H3,(H2,12,14,15). The first-order valence-corrected chi connectivity index (χ1v) is 6.62. The molecule has 2 aromatic rings. The summed E-state index contributed by atoms with van der Waals surface area (Å²) in [6.45, 7) is -0.0855. The van der Waals surface area contributed by atoms with Crippen LogP contribution in [0.4, 0.5) is 0 Å². The number of nitrogens with two attached hydrogens (primary N) is 1. The van der Waals surface area contributed by atoms with Gasteiger partial charge in [0.25, 0.3) is 0 Å². The molecule has 0 radical (unpaired) electrons. The van der Waals surface area contributed by atoms with E-state index in [1.807, 2.05) is 17.7 Å². The Morgan fingerprint density at radius 1 is 1.47 bits per heavy atom. The lowest BCUT2D eigenvalue weighted by Crippen LogP contribution is -2.15. The fraction of sp³-hybridized carbons (Fsp3) is 0.200. The molecule has 0 amide bonds. The topological polar surface area (TPSA) is 74.3 Å². The Balaban J connectivity index is 2.42. The zero-order valence-corrected chi connectivity index (χ0v) is 10.6. The molecule has 0 aliphatic rings. The molecule has 1 heterocycles. The Hall–Kier alpha value is -1.08. The van der Waals surface area contributed by atoms with Gasteiger partial charge in [-0.05, 0) is 12.1 Å². The van der Waals surface area contributed by atoms with E-state index in [-0.39, 0.29) is 6.61 Å². The van der Waals surface area contributed by atoms with Crippen LogP contribution < -0.4 is 5.14 Å². The molecule has 0 unspecified atom stereocenters. The van der Waals surface area contributed by atoms with E-state index in [2.05, 4.69) is 4.18 Å². The van der Waals surface area contributed by atoms with Crippen molar-refractivity contribution in [3.8, 4) is 0 Å². The van der Waals surface area contributed by atoms with Crippen molar-refractivity contribution in [1.29, 1.82) is 0 Å². The van der Waals surface area contributed by atoms with Gasteiger partial charge < -0.3 is 4.57 Å². The molecule has 0 saturated carbocycles. The number of fused-ring (bicyclic) bond motifs is 1. The predicted molar refractivity (Wildman–Crippen MR) is 65.8 cm³/mol. The molecule has 5 nitrogen and oxygen atoms in total. The Labute approximate surface area is 104 Å². The average molecular weight is 275 g/mol. The highest BCUT2D eigenvalue weighted by atomic mass is 35.5. The Kier molecular flexibility index (Phi) is 3.13. The lowest BCUT2D eigenvalue weighted by atomic mass is 10.2. The Morgan fingerprint density at radius 2 is 2.18 bits per heavy atom. The van der Waals surface area contributed by atoms with Crippen LogP contribution in [0.3, 0.4) is 0 Å². The van der Waals surface area contributed by atoms with E-state index in [0.29, 0.717) is 5.02 Å². The van der Waals surface area contributed by atoms with Crippen LogP contribution in [-0.4, -0.2) is 13.0 Å². The molecule has 0 saturated heterocycles. The van der Waals surface area contributed by atoms with Crippen molar-refractivity contribution < 1.29 is 12.6 Å². The van der Waals surface area contributed by atoms with Crippen LogP contribution >= 0.6 is 11.6 Å². The summed E-state index contributed by atoms with van der Waals surface area (Å²) in [7, 11) is -2.08. The Morgan fingerprint density at radius 3 is 2.82 bits per heavy atom. The first-order chi connectivity index (χ1) is 7.87. The summed E-state index contributed by atoms with van der Waals surface area (Å²) in [5, 5.41) is 6.29. The quantitative estimate of drug-likeness (QED) is 0.923. The largest absolute Gasteiger partial charge is 0.350 e. The fourth-order valence-corrected chi connectivity index (χ4v) is 2.16. The van der Waals surface area contributed by atoms with Gasteiger partial charge in [0.1, 0.15) is 0 Å². The van der Waals surface area contributed by atoms with Gasteiger partial charge in [-0.3, -0.25) is 4.18 Å². The number of aryl methyl sites for hydroxylation is 1.